The number of halogens is 1. The summed E-state index contributed by atoms with van der Waals surface area (Å²) >= 11 is 6.01. The van der Waals surface area contributed by atoms with Gasteiger partial charge in [0.25, 0.3) is 0 Å². The van der Waals surface area contributed by atoms with Crippen LogP contribution in [0.5, 0.6) is 0 Å². The van der Waals surface area contributed by atoms with Crippen molar-refractivity contribution in [3.8, 4) is 0 Å². The van der Waals surface area contributed by atoms with Crippen LogP contribution in [0, 0.1) is 5.92 Å². The first kappa shape index (κ1) is 15.0. The number of nitrogens with zero attached hydrogens (tertiary/aromatic N) is 3. The Bertz CT molecular complexity index is 488. The summed E-state index contributed by atoms with van der Waals surface area (Å²) in [6.07, 6.45) is 4.65. The Morgan fingerprint density at radius 3 is 2.80 bits per heavy atom. The Kier molecular flexibility index (Phi) is 4.48. The van der Waals surface area contributed by atoms with Crippen LogP contribution in [-0.2, 0) is 11.2 Å². The van der Waals surface area contributed by atoms with Crippen molar-refractivity contribution in [2.45, 2.75) is 39.2 Å². The minimum absolute atomic E-state index is 0.245. The van der Waals surface area contributed by atoms with Crippen LogP contribution in [0.2, 0.25) is 5.15 Å². The molecule has 0 saturated carbocycles. The molecule has 110 valence electrons. The number of aromatic nitrogens is 2. The second-order valence-corrected chi connectivity index (χ2v) is 6.44. The van der Waals surface area contributed by atoms with E-state index in [1.807, 2.05) is 20.8 Å². The minimum atomic E-state index is -0.455. The molecule has 20 heavy (non-hydrogen) atoms. The van der Waals surface area contributed by atoms with Gasteiger partial charge in [-0.05, 0) is 39.5 Å². The van der Waals surface area contributed by atoms with Crippen LogP contribution in [0.1, 0.15) is 32.9 Å². The predicted molar refractivity (Wildman–Crippen MR) is 76.7 cm³/mol. The highest BCUT2D eigenvalue weighted by Gasteiger charge is 2.30. The Morgan fingerprint density at radius 2 is 2.15 bits per heavy atom. The monoisotopic (exact) mass is 297 g/mol. The molecule has 2 rings (SSSR count). The van der Waals surface area contributed by atoms with Gasteiger partial charge in [0.05, 0.1) is 5.69 Å². The number of carbonyl (C=O) groups is 1. The maximum absolute atomic E-state index is 12.0. The van der Waals surface area contributed by atoms with E-state index in [0.717, 1.165) is 25.1 Å². The molecule has 0 unspecified atom stereocenters. The van der Waals surface area contributed by atoms with E-state index in [0.29, 0.717) is 17.6 Å². The Hall–Kier alpha value is -1.36. The van der Waals surface area contributed by atoms with Crippen molar-refractivity contribution in [1.29, 1.82) is 0 Å². The van der Waals surface area contributed by atoms with Crippen LogP contribution in [0.3, 0.4) is 0 Å². The number of hydrogen-bond donors (Lipinski definition) is 0. The molecule has 1 fully saturated rings. The van der Waals surface area contributed by atoms with Crippen molar-refractivity contribution in [1.82, 2.24) is 14.9 Å². The maximum Gasteiger partial charge on any atom is 0.410 e. The largest absolute Gasteiger partial charge is 0.444 e. The van der Waals surface area contributed by atoms with Gasteiger partial charge < -0.3 is 9.64 Å². The topological polar surface area (TPSA) is 55.3 Å². The van der Waals surface area contributed by atoms with Gasteiger partial charge in [0.2, 0.25) is 0 Å². The molecule has 1 amide bonds. The zero-order chi connectivity index (χ0) is 14.8. The number of rotatable bonds is 2. The summed E-state index contributed by atoms with van der Waals surface area (Å²) in [5, 5.41) is 0.447. The van der Waals surface area contributed by atoms with E-state index in [1.54, 1.807) is 17.3 Å². The van der Waals surface area contributed by atoms with E-state index >= 15 is 0 Å². The lowest BCUT2D eigenvalue weighted by Crippen LogP contribution is -2.35. The molecule has 2 heterocycles. The molecule has 1 aliphatic rings. The molecule has 1 aromatic rings. The number of amides is 1. The Balaban J connectivity index is 1.90. The third-order valence-corrected chi connectivity index (χ3v) is 3.46. The van der Waals surface area contributed by atoms with Gasteiger partial charge in [0.15, 0.2) is 0 Å². The molecule has 0 spiro atoms. The van der Waals surface area contributed by atoms with Crippen LogP contribution in [0.15, 0.2) is 12.4 Å². The molecule has 1 aromatic heterocycles. The smallest absolute Gasteiger partial charge is 0.410 e. The summed E-state index contributed by atoms with van der Waals surface area (Å²) in [4.78, 5) is 22.0. The van der Waals surface area contributed by atoms with E-state index in [2.05, 4.69) is 9.97 Å². The lowest BCUT2D eigenvalue weighted by Gasteiger charge is -2.24. The van der Waals surface area contributed by atoms with Crippen molar-refractivity contribution in [3.05, 3.63) is 23.2 Å². The average molecular weight is 298 g/mol. The van der Waals surface area contributed by atoms with Crippen molar-refractivity contribution >= 4 is 17.7 Å². The van der Waals surface area contributed by atoms with Gasteiger partial charge in [-0.3, -0.25) is 4.98 Å². The molecule has 0 bridgehead atoms. The first-order chi connectivity index (χ1) is 9.35. The normalized spacial score (nSPS) is 19.2. The van der Waals surface area contributed by atoms with Crippen LogP contribution >= 0.6 is 11.6 Å². The second-order valence-electron chi connectivity index (χ2n) is 6.08. The van der Waals surface area contributed by atoms with Gasteiger partial charge in [-0.25, -0.2) is 9.78 Å². The van der Waals surface area contributed by atoms with Gasteiger partial charge >= 0.3 is 6.09 Å². The minimum Gasteiger partial charge on any atom is -0.444 e. The van der Waals surface area contributed by atoms with E-state index < -0.39 is 5.60 Å². The zero-order valence-electron chi connectivity index (χ0n) is 12.1. The first-order valence-electron chi connectivity index (χ1n) is 6.78. The summed E-state index contributed by atoms with van der Waals surface area (Å²) in [5.41, 5.74) is 0.342. The zero-order valence-corrected chi connectivity index (χ0v) is 12.9. The fourth-order valence-electron chi connectivity index (χ4n) is 2.25. The molecule has 5 nitrogen and oxygen atoms in total. The van der Waals surface area contributed by atoms with Gasteiger partial charge in [-0.2, -0.15) is 0 Å². The molecule has 0 radical (unpaired) electrons. The van der Waals surface area contributed by atoms with Crippen molar-refractivity contribution in [2.75, 3.05) is 13.1 Å². The number of carbonyl (C=O) groups excluding carboxylic acids is 1. The molecular weight excluding hydrogens is 278 g/mol. The highest BCUT2D eigenvalue weighted by Crippen LogP contribution is 2.24. The van der Waals surface area contributed by atoms with E-state index in [9.17, 15) is 4.79 Å². The fourth-order valence-corrected chi connectivity index (χ4v) is 2.43. The maximum atomic E-state index is 12.0. The van der Waals surface area contributed by atoms with E-state index in [-0.39, 0.29) is 6.09 Å². The summed E-state index contributed by atoms with van der Waals surface area (Å²) in [7, 11) is 0. The molecule has 1 atom stereocenters. The molecule has 0 aliphatic carbocycles. The van der Waals surface area contributed by atoms with Crippen LogP contribution in [0.4, 0.5) is 4.79 Å². The molecule has 6 heteroatoms. The van der Waals surface area contributed by atoms with Gasteiger partial charge in [-0.15, -0.1) is 0 Å². The third-order valence-electron chi connectivity index (χ3n) is 3.14. The number of ether oxygens (including phenoxy) is 1. The lowest BCUT2D eigenvalue weighted by atomic mass is 10.0. The van der Waals surface area contributed by atoms with Gasteiger partial charge in [0.1, 0.15) is 10.8 Å². The van der Waals surface area contributed by atoms with E-state index in [1.165, 1.54) is 0 Å². The standard InChI is InChI=1S/C14H20ClN3O2/c1-14(2,3)20-13(19)18-7-4-10(9-18)8-11-12(15)17-6-5-16-11/h5-6,10H,4,7-9H2,1-3H3/t10-/m1/s1. The van der Waals surface area contributed by atoms with Crippen molar-refractivity contribution in [3.63, 3.8) is 0 Å². The molecule has 0 aromatic carbocycles. The first-order valence-corrected chi connectivity index (χ1v) is 7.16. The number of likely N-dealkylation sites (tertiary alicyclic amines) is 1. The van der Waals surface area contributed by atoms with Crippen LogP contribution < -0.4 is 0 Å². The quantitative estimate of drug-likeness (QED) is 0.842. The second kappa shape index (κ2) is 5.95. The van der Waals surface area contributed by atoms with Crippen molar-refractivity contribution < 1.29 is 9.53 Å². The lowest BCUT2D eigenvalue weighted by molar-refractivity contribution is 0.0288. The molecule has 0 N–H and O–H groups in total. The molecule has 1 saturated heterocycles. The SMILES string of the molecule is CC(C)(C)OC(=O)N1CC[C@H](Cc2nccnc2Cl)C1. The molecule has 1 aliphatic heterocycles. The number of hydrogen-bond acceptors (Lipinski definition) is 4. The third kappa shape index (κ3) is 4.07. The van der Waals surface area contributed by atoms with E-state index in [4.69, 9.17) is 16.3 Å². The highest BCUT2D eigenvalue weighted by molar-refractivity contribution is 6.29. The summed E-state index contributed by atoms with van der Waals surface area (Å²) in [5.74, 6) is 0.358. The predicted octanol–water partition coefficient (Wildman–Crippen LogP) is 2.93. The summed E-state index contributed by atoms with van der Waals surface area (Å²) in [6.45, 7) is 7.02. The summed E-state index contributed by atoms with van der Waals surface area (Å²) < 4.78 is 5.38. The highest BCUT2D eigenvalue weighted by atomic mass is 35.5. The van der Waals surface area contributed by atoms with Gasteiger partial charge in [0, 0.05) is 25.5 Å². The average Bonchev–Trinajstić information content (AvgIpc) is 2.79. The summed E-state index contributed by atoms with van der Waals surface area (Å²) in [6, 6.07) is 0. The van der Waals surface area contributed by atoms with Gasteiger partial charge in [-0.1, -0.05) is 11.6 Å². The Labute approximate surface area is 124 Å². The van der Waals surface area contributed by atoms with Crippen LogP contribution in [-0.4, -0.2) is 39.7 Å². The van der Waals surface area contributed by atoms with Crippen LogP contribution in [0.25, 0.3) is 0 Å². The molecular formula is C14H20ClN3O2. The fraction of sp³-hybridized carbons (Fsp3) is 0.643. The Morgan fingerprint density at radius 1 is 1.45 bits per heavy atom. The van der Waals surface area contributed by atoms with Crippen molar-refractivity contribution in [2.24, 2.45) is 5.92 Å².